The Kier molecular flexibility index (Phi) is 31.9. The molecule has 0 aromatic heterocycles. The normalized spacial score (nSPS) is 27.0. The lowest BCUT2D eigenvalue weighted by Crippen LogP contribution is -2.63. The molecule has 25 nitrogen and oxygen atoms in total. The fourth-order valence-electron chi connectivity index (χ4n) is 10.8. The Labute approximate surface area is 512 Å². The predicted molar refractivity (Wildman–Crippen MR) is 327 cm³/mol. The van der Waals surface area contributed by atoms with Crippen LogP contribution < -0.4 is 21.3 Å². The minimum Gasteiger partial charge on any atom is -0.394 e. The number of likely N-dealkylation sites (N-methyl/N-ethyl adjacent to an activating group) is 7. The van der Waals surface area contributed by atoms with Crippen molar-refractivity contribution >= 4 is 65.0 Å². The number of aliphatic hydroxyl groups is 3. The Bertz CT molecular complexity index is 2320. The lowest BCUT2D eigenvalue weighted by Gasteiger charge is -2.41. The monoisotopic (exact) mass is 1220 g/mol. The maximum atomic E-state index is 15.1. The van der Waals surface area contributed by atoms with E-state index >= 15 is 9.59 Å². The predicted octanol–water partition coefficient (Wildman–Crippen LogP) is 1.05. The molecule has 1 aliphatic heterocycles. The SMILES string of the molecule is CC[C@@H]1NC(=O)C(C(O)C(C)CC(O)CO)N(C)C(=O)[C@H](C(C)C)N(C)C(=O)[C@H](CC(C)C)N(C)C(=O)[C@H](CC(C)C)N(C)C(=O)[C@@H](C)NC(=O)[C@H](C)NC(=O)[C@H](CC(C)C)N(C)C(=O)[C@H](C(C)C)NC(=O)[C@H](CC(C)C)N(C)C(=O)CN(C)C1=O. The number of hydrogen-bond donors (Lipinski definition) is 7. The van der Waals surface area contributed by atoms with Crippen LogP contribution in [0.15, 0.2) is 0 Å². The average molecular weight is 1220 g/mol. The third-order valence-corrected chi connectivity index (χ3v) is 16.2. The highest BCUT2D eigenvalue weighted by atomic mass is 16.3. The molecule has 0 bridgehead atoms. The molecule has 1 fully saturated rings. The highest BCUT2D eigenvalue weighted by Gasteiger charge is 2.46. The van der Waals surface area contributed by atoms with E-state index in [2.05, 4.69) is 21.3 Å². The van der Waals surface area contributed by atoms with Gasteiger partial charge in [0.25, 0.3) is 0 Å². The van der Waals surface area contributed by atoms with E-state index in [9.17, 15) is 58.5 Å². The highest BCUT2D eigenvalue weighted by Crippen LogP contribution is 2.26. The molecule has 0 aliphatic carbocycles. The molecule has 0 saturated carbocycles. The van der Waals surface area contributed by atoms with E-state index < -0.39 is 169 Å². The van der Waals surface area contributed by atoms with Gasteiger partial charge in [-0.3, -0.25) is 52.7 Å². The van der Waals surface area contributed by atoms with Crippen LogP contribution in [-0.2, 0) is 52.7 Å². The van der Waals surface area contributed by atoms with Gasteiger partial charge in [-0.15, -0.1) is 0 Å². The lowest BCUT2D eigenvalue weighted by atomic mass is 9.90. The second kappa shape index (κ2) is 35.1. The molecule has 86 heavy (non-hydrogen) atoms. The molecule has 4 unspecified atom stereocenters. The zero-order valence-electron chi connectivity index (χ0n) is 56.1. The van der Waals surface area contributed by atoms with Gasteiger partial charge in [-0.05, 0) is 93.8 Å². The first kappa shape index (κ1) is 78.1. The summed E-state index contributed by atoms with van der Waals surface area (Å²) >= 11 is 0. The molecule has 0 spiro atoms. The van der Waals surface area contributed by atoms with Crippen LogP contribution in [-0.4, -0.2) is 250 Å². The number of amides is 11. The standard InChI is InChI=1S/C61H111N11O14/c1-24-42-57(82)66(17)30-47(75)67(18)43(25-32(2)3)54(79)65-48(36(10)11)60(85)68(19)44(26-33(4)5)53(78)62-39(15)52(77)63-40(16)56(81)69(20)45(27-34(6)7)58(83)70(21)46(28-35(8)9)59(84)71(22)49(37(12)13)61(86)72(23)50(55(80)64-42)51(76)38(14)29-41(74)31-73/h32-46,48-51,73-74,76H,24-31H2,1-23H3,(H,62,78)(H,63,77)(H,64,80)(H,65,79)/t38?,39-,40+,41?,42-,43-,44-,45-,46-,48-,49-,50?,51?/m0/s1. The van der Waals surface area contributed by atoms with Crippen molar-refractivity contribution < 1.29 is 68.1 Å². The van der Waals surface area contributed by atoms with Crippen LogP contribution in [0.1, 0.15) is 149 Å². The smallest absolute Gasteiger partial charge is 0.246 e. The molecule has 494 valence electrons. The van der Waals surface area contributed by atoms with Gasteiger partial charge in [0.05, 0.1) is 25.4 Å². The van der Waals surface area contributed by atoms with Crippen LogP contribution in [0.4, 0.5) is 0 Å². The molecule has 1 heterocycles. The van der Waals surface area contributed by atoms with E-state index in [0.717, 1.165) is 9.80 Å². The van der Waals surface area contributed by atoms with Crippen molar-refractivity contribution in [2.24, 2.45) is 41.4 Å². The van der Waals surface area contributed by atoms with Crippen molar-refractivity contribution in [3.8, 4) is 0 Å². The number of hydrogen-bond acceptors (Lipinski definition) is 14. The summed E-state index contributed by atoms with van der Waals surface area (Å²) in [6.07, 6.45) is -2.81. The average Bonchev–Trinajstić information content (AvgIpc) is 3.47. The Morgan fingerprint density at radius 2 is 0.849 bits per heavy atom. The second-order valence-electron chi connectivity index (χ2n) is 26.4. The molecule has 13 atom stereocenters. The third-order valence-electron chi connectivity index (χ3n) is 16.2. The quantitative estimate of drug-likeness (QED) is 0.114. The summed E-state index contributed by atoms with van der Waals surface area (Å²) in [5, 5.41) is 43.1. The summed E-state index contributed by atoms with van der Waals surface area (Å²) in [6.45, 7) is 26.2. The molecular formula is C61H111N11O14. The Morgan fingerprint density at radius 1 is 0.442 bits per heavy atom. The Hall–Kier alpha value is -5.95. The second-order valence-corrected chi connectivity index (χ2v) is 26.4. The topological polar surface area (TPSA) is 319 Å². The first-order valence-electron chi connectivity index (χ1n) is 30.6. The summed E-state index contributed by atoms with van der Waals surface area (Å²) in [4.78, 5) is 168. The fraction of sp³-hybridized carbons (Fsp3) is 0.820. The molecule has 0 aromatic rings. The van der Waals surface area contributed by atoms with E-state index in [0.29, 0.717) is 0 Å². The summed E-state index contributed by atoms with van der Waals surface area (Å²) < 4.78 is 0. The van der Waals surface area contributed by atoms with Crippen LogP contribution in [0, 0.1) is 41.4 Å². The molecule has 1 aliphatic rings. The van der Waals surface area contributed by atoms with Gasteiger partial charge in [-0.2, -0.15) is 0 Å². The molecular weight excluding hydrogens is 1110 g/mol. The van der Waals surface area contributed by atoms with Crippen LogP contribution in [0.2, 0.25) is 0 Å². The van der Waals surface area contributed by atoms with Gasteiger partial charge in [0.15, 0.2) is 0 Å². The number of aliphatic hydroxyl groups excluding tert-OH is 3. The van der Waals surface area contributed by atoms with Crippen molar-refractivity contribution in [3.05, 3.63) is 0 Å². The number of rotatable bonds is 16. The van der Waals surface area contributed by atoms with E-state index in [-0.39, 0.29) is 62.2 Å². The van der Waals surface area contributed by atoms with E-state index in [1.54, 1.807) is 34.6 Å². The van der Waals surface area contributed by atoms with Crippen LogP contribution in [0.25, 0.3) is 0 Å². The van der Waals surface area contributed by atoms with Crippen LogP contribution >= 0.6 is 0 Å². The summed E-state index contributed by atoms with van der Waals surface area (Å²) in [7, 11) is 9.64. The Morgan fingerprint density at radius 3 is 1.29 bits per heavy atom. The summed E-state index contributed by atoms with van der Waals surface area (Å²) in [6, 6.07) is -12.8. The lowest BCUT2D eigenvalue weighted by molar-refractivity contribution is -0.157. The minimum atomic E-state index is -1.78. The first-order chi connectivity index (χ1) is 39.6. The van der Waals surface area contributed by atoms with Crippen molar-refractivity contribution in [1.29, 1.82) is 0 Å². The Balaban J connectivity index is 4.34. The van der Waals surface area contributed by atoms with Gasteiger partial charge in [0.1, 0.15) is 60.4 Å². The van der Waals surface area contributed by atoms with Crippen LogP contribution in [0.3, 0.4) is 0 Å². The largest absolute Gasteiger partial charge is 0.394 e. The third kappa shape index (κ3) is 21.7. The van der Waals surface area contributed by atoms with Crippen molar-refractivity contribution in [1.82, 2.24) is 55.6 Å². The van der Waals surface area contributed by atoms with Gasteiger partial charge >= 0.3 is 0 Å². The van der Waals surface area contributed by atoms with Crippen molar-refractivity contribution in [3.63, 3.8) is 0 Å². The van der Waals surface area contributed by atoms with Gasteiger partial charge < -0.3 is 70.9 Å². The van der Waals surface area contributed by atoms with E-state index in [1.165, 1.54) is 94.6 Å². The highest BCUT2D eigenvalue weighted by molar-refractivity contribution is 5.99. The molecule has 25 heteroatoms. The first-order valence-corrected chi connectivity index (χ1v) is 30.6. The van der Waals surface area contributed by atoms with E-state index in [4.69, 9.17) is 0 Å². The van der Waals surface area contributed by atoms with Gasteiger partial charge in [0.2, 0.25) is 65.0 Å². The van der Waals surface area contributed by atoms with Crippen molar-refractivity contribution in [2.75, 3.05) is 62.5 Å². The van der Waals surface area contributed by atoms with Crippen LogP contribution in [0.5, 0.6) is 0 Å². The summed E-state index contributed by atoms with van der Waals surface area (Å²) in [5.41, 5.74) is 0. The maximum Gasteiger partial charge on any atom is 0.246 e. The number of carbonyl (C=O) groups excluding carboxylic acids is 11. The molecule has 0 radical (unpaired) electrons. The fourth-order valence-corrected chi connectivity index (χ4v) is 10.8. The molecule has 1 rings (SSSR count). The van der Waals surface area contributed by atoms with E-state index in [1.807, 2.05) is 55.4 Å². The number of carbonyl (C=O) groups is 11. The minimum absolute atomic E-state index is 0.0420. The summed E-state index contributed by atoms with van der Waals surface area (Å²) in [5.74, 6) is -10.7. The molecule has 7 N–H and O–H groups in total. The number of nitrogens with one attached hydrogen (secondary N) is 4. The maximum absolute atomic E-state index is 15.1. The zero-order valence-corrected chi connectivity index (χ0v) is 56.1. The van der Waals surface area contributed by atoms with Gasteiger partial charge in [0, 0.05) is 49.3 Å². The van der Waals surface area contributed by atoms with Gasteiger partial charge in [-0.1, -0.05) is 96.9 Å². The number of nitrogens with zero attached hydrogens (tertiary/aromatic N) is 7. The molecule has 11 amide bonds. The van der Waals surface area contributed by atoms with Gasteiger partial charge in [-0.25, -0.2) is 0 Å². The molecule has 0 aromatic carbocycles. The molecule has 1 saturated heterocycles. The zero-order chi connectivity index (χ0) is 66.8. The van der Waals surface area contributed by atoms with Crippen molar-refractivity contribution in [2.45, 2.75) is 222 Å².